The molecule has 1 aliphatic rings. The van der Waals surface area contributed by atoms with E-state index >= 15 is 0 Å². The smallest absolute Gasteiger partial charge is 0.391 e. The van der Waals surface area contributed by atoms with Gasteiger partial charge < -0.3 is 9.26 Å². The zero-order valence-corrected chi connectivity index (χ0v) is 20.7. The van der Waals surface area contributed by atoms with Crippen molar-refractivity contribution >= 4 is 38.3 Å². The maximum Gasteiger partial charge on any atom is 0.391 e. The minimum absolute atomic E-state index is 0.0116. The van der Waals surface area contributed by atoms with Gasteiger partial charge in [0.15, 0.2) is 5.82 Å². The summed E-state index contributed by atoms with van der Waals surface area (Å²) in [4.78, 5) is 12.9. The number of hydrogen-bond donors (Lipinski definition) is 1. The van der Waals surface area contributed by atoms with Crippen molar-refractivity contribution in [3.63, 3.8) is 0 Å². The average Bonchev–Trinajstić information content (AvgIpc) is 3.30. The maximum atomic E-state index is 13.0. The Hall–Kier alpha value is -3.51. The van der Waals surface area contributed by atoms with E-state index in [1.807, 2.05) is 0 Å². The molecule has 1 N–H and O–H groups in total. The molecule has 13 heteroatoms. The summed E-state index contributed by atoms with van der Waals surface area (Å²) in [5.74, 6) is -1.49. The molecule has 0 amide bonds. The van der Waals surface area contributed by atoms with Gasteiger partial charge in [-0.1, -0.05) is 16.8 Å². The number of anilines is 1. The fourth-order valence-electron chi connectivity index (χ4n) is 4.45. The lowest BCUT2D eigenvalue weighted by Crippen LogP contribution is -2.34. The molecular formula is C24H19ClF3N3O5S. The number of benzene rings is 2. The van der Waals surface area contributed by atoms with E-state index in [4.69, 9.17) is 16.3 Å². The molecular weight excluding hydrogens is 535 g/mol. The monoisotopic (exact) mass is 553 g/mol. The van der Waals surface area contributed by atoms with Gasteiger partial charge in [-0.2, -0.15) is 13.2 Å². The molecule has 0 aliphatic heterocycles. The number of hydrogen-bond acceptors (Lipinski definition) is 6. The van der Waals surface area contributed by atoms with Crippen molar-refractivity contribution in [3.05, 3.63) is 75.7 Å². The molecule has 2 heterocycles. The Bertz CT molecular complexity index is 1650. The molecule has 0 saturated heterocycles. The second kappa shape index (κ2) is 9.10. The molecule has 5 rings (SSSR count). The number of nitrogens with one attached hydrogen (secondary N) is 1. The second-order valence-corrected chi connectivity index (χ2v) is 10.8. The van der Waals surface area contributed by atoms with Crippen molar-refractivity contribution in [2.75, 3.05) is 11.8 Å². The average molecular weight is 554 g/mol. The number of halogens is 4. The van der Waals surface area contributed by atoms with E-state index in [9.17, 15) is 26.4 Å². The van der Waals surface area contributed by atoms with Gasteiger partial charge in [-0.25, -0.2) is 8.42 Å². The van der Waals surface area contributed by atoms with Crippen LogP contribution < -0.4 is 15.0 Å². The SMILES string of the molecule is COc1cc([C@H]2C[C@H](C(F)(F)F)C2)c(Cl)cc1-n1c(=O)ccc2cc(S(=O)(=O)Nc3ccon3)ccc21. The van der Waals surface area contributed by atoms with Crippen LogP contribution in [-0.4, -0.2) is 31.4 Å². The molecule has 2 aromatic carbocycles. The van der Waals surface area contributed by atoms with E-state index < -0.39 is 27.7 Å². The predicted molar refractivity (Wildman–Crippen MR) is 130 cm³/mol. The normalized spacial score (nSPS) is 18.0. The van der Waals surface area contributed by atoms with E-state index in [1.54, 1.807) is 6.07 Å². The van der Waals surface area contributed by atoms with Crippen molar-refractivity contribution in [1.29, 1.82) is 0 Å². The summed E-state index contributed by atoms with van der Waals surface area (Å²) < 4.78 is 78.2. The Balaban J connectivity index is 1.55. The van der Waals surface area contributed by atoms with Crippen molar-refractivity contribution < 1.29 is 30.8 Å². The molecule has 4 aromatic rings. The van der Waals surface area contributed by atoms with Crippen molar-refractivity contribution in [2.45, 2.75) is 29.8 Å². The molecule has 37 heavy (non-hydrogen) atoms. The van der Waals surface area contributed by atoms with E-state index in [0.717, 1.165) is 0 Å². The summed E-state index contributed by atoms with van der Waals surface area (Å²) in [6.45, 7) is 0. The van der Waals surface area contributed by atoms with Gasteiger partial charge in [0, 0.05) is 22.5 Å². The molecule has 0 bridgehead atoms. The van der Waals surface area contributed by atoms with Crippen molar-refractivity contribution in [2.24, 2.45) is 5.92 Å². The van der Waals surface area contributed by atoms with Gasteiger partial charge in [-0.15, -0.1) is 0 Å². The van der Waals surface area contributed by atoms with E-state index in [-0.39, 0.29) is 45.9 Å². The Morgan fingerprint density at radius 2 is 1.89 bits per heavy atom. The highest BCUT2D eigenvalue weighted by Crippen LogP contribution is 2.51. The van der Waals surface area contributed by atoms with Crippen LogP contribution in [0.15, 0.2) is 69.0 Å². The maximum absolute atomic E-state index is 13.0. The highest BCUT2D eigenvalue weighted by atomic mass is 35.5. The van der Waals surface area contributed by atoms with Crippen LogP contribution in [-0.2, 0) is 10.0 Å². The Morgan fingerprint density at radius 3 is 2.54 bits per heavy atom. The Morgan fingerprint density at radius 1 is 1.14 bits per heavy atom. The molecule has 0 spiro atoms. The number of sulfonamides is 1. The molecule has 2 aromatic heterocycles. The summed E-state index contributed by atoms with van der Waals surface area (Å²) in [6, 6.07) is 11.3. The number of nitrogens with zero attached hydrogens (tertiary/aromatic N) is 2. The van der Waals surface area contributed by atoms with Gasteiger partial charge in [0.25, 0.3) is 15.6 Å². The third kappa shape index (κ3) is 4.66. The van der Waals surface area contributed by atoms with Crippen LogP contribution in [0.2, 0.25) is 5.02 Å². The summed E-state index contributed by atoms with van der Waals surface area (Å²) in [7, 11) is -2.61. The number of aromatic nitrogens is 2. The number of alkyl halides is 3. The third-order valence-corrected chi connectivity index (χ3v) is 8.11. The van der Waals surface area contributed by atoms with Crippen LogP contribution >= 0.6 is 11.6 Å². The fraction of sp³-hybridized carbons (Fsp3) is 0.250. The number of ether oxygens (including phenoxy) is 1. The van der Waals surface area contributed by atoms with Gasteiger partial charge >= 0.3 is 6.18 Å². The van der Waals surface area contributed by atoms with Crippen LogP contribution in [0.5, 0.6) is 5.75 Å². The summed E-state index contributed by atoms with van der Waals surface area (Å²) >= 11 is 6.48. The van der Waals surface area contributed by atoms with Crippen molar-refractivity contribution in [3.8, 4) is 11.4 Å². The van der Waals surface area contributed by atoms with Gasteiger partial charge in [0.05, 0.1) is 29.1 Å². The molecule has 0 radical (unpaired) electrons. The lowest BCUT2D eigenvalue weighted by molar-refractivity contribution is -0.197. The van der Waals surface area contributed by atoms with E-state index in [2.05, 4.69) is 14.4 Å². The molecule has 1 saturated carbocycles. The molecule has 194 valence electrons. The van der Waals surface area contributed by atoms with Crippen molar-refractivity contribution in [1.82, 2.24) is 9.72 Å². The van der Waals surface area contributed by atoms with Gasteiger partial charge in [0.2, 0.25) is 0 Å². The quantitative estimate of drug-likeness (QED) is 0.338. The Labute approximate surface area is 213 Å². The lowest BCUT2D eigenvalue weighted by Gasteiger charge is -2.37. The summed E-state index contributed by atoms with van der Waals surface area (Å²) in [5, 5.41) is 4.17. The molecule has 0 unspecified atom stereocenters. The van der Waals surface area contributed by atoms with Gasteiger partial charge in [-0.05, 0) is 60.7 Å². The fourth-order valence-corrected chi connectivity index (χ4v) is 5.79. The minimum atomic E-state index is -4.25. The van der Waals surface area contributed by atoms with E-state index in [0.29, 0.717) is 16.5 Å². The first-order chi connectivity index (χ1) is 17.5. The topological polar surface area (TPSA) is 103 Å². The highest BCUT2D eigenvalue weighted by Gasteiger charge is 2.48. The second-order valence-electron chi connectivity index (χ2n) is 8.67. The largest absolute Gasteiger partial charge is 0.495 e. The van der Waals surface area contributed by atoms with Gasteiger partial charge in [-0.3, -0.25) is 14.1 Å². The first kappa shape index (κ1) is 25.2. The van der Waals surface area contributed by atoms with Crippen LogP contribution in [0.1, 0.15) is 24.3 Å². The number of fused-ring (bicyclic) bond motifs is 1. The third-order valence-electron chi connectivity index (χ3n) is 6.43. The summed E-state index contributed by atoms with van der Waals surface area (Å²) in [6.07, 6.45) is -3.17. The van der Waals surface area contributed by atoms with Crippen LogP contribution in [0.3, 0.4) is 0 Å². The first-order valence-corrected chi connectivity index (χ1v) is 12.9. The molecule has 0 atom stereocenters. The zero-order chi connectivity index (χ0) is 26.5. The Kier molecular flexibility index (Phi) is 6.19. The molecule has 1 fully saturated rings. The number of methoxy groups -OCH3 is 1. The standard InChI is InChI=1S/C24H19ClF3N3O5S/c1-35-21-11-17(14-8-15(9-14)24(26,27)28)18(25)12-20(21)31-19-4-3-16(10-13(19)2-5-23(31)32)37(33,34)30-22-6-7-36-29-22/h2-7,10-12,14-15H,8-9H2,1H3,(H,29,30)/t14-,15-. The lowest BCUT2D eigenvalue weighted by atomic mass is 9.71. The minimum Gasteiger partial charge on any atom is -0.495 e. The van der Waals surface area contributed by atoms with Crippen LogP contribution in [0.4, 0.5) is 19.0 Å². The molecule has 8 nitrogen and oxygen atoms in total. The number of pyridine rings is 1. The molecule has 1 aliphatic carbocycles. The summed E-state index contributed by atoms with van der Waals surface area (Å²) in [5.41, 5.74) is 0.723. The highest BCUT2D eigenvalue weighted by molar-refractivity contribution is 7.92. The van der Waals surface area contributed by atoms with Crippen LogP contribution in [0, 0.1) is 5.92 Å². The predicted octanol–water partition coefficient (Wildman–Crippen LogP) is 5.50. The van der Waals surface area contributed by atoms with Crippen LogP contribution in [0.25, 0.3) is 16.6 Å². The zero-order valence-electron chi connectivity index (χ0n) is 19.1. The number of rotatable bonds is 6. The van der Waals surface area contributed by atoms with Gasteiger partial charge in [0.1, 0.15) is 12.0 Å². The van der Waals surface area contributed by atoms with E-state index in [1.165, 1.54) is 60.4 Å². The first-order valence-electron chi connectivity index (χ1n) is 11.0.